The van der Waals surface area contributed by atoms with Crippen LogP contribution >= 0.6 is 11.6 Å². The SMILES string of the molecule is CC1CC(C(c2ccc(Cl)cc2)C(N)C(=O)Nc2cccc(F)c2CCC2CNC3CCCS(=O)(=O)N2C3)CC(C)O1. The fourth-order valence-corrected chi connectivity index (χ4v) is 9.01. The molecule has 11 heteroatoms. The molecule has 230 valence electrons. The number of halogens is 2. The summed E-state index contributed by atoms with van der Waals surface area (Å²) in [4.78, 5) is 13.7. The highest BCUT2D eigenvalue weighted by Gasteiger charge is 2.39. The Labute approximate surface area is 253 Å². The average Bonchev–Trinajstić information content (AvgIpc) is 3.05. The number of anilines is 1. The van der Waals surface area contributed by atoms with E-state index in [1.54, 1.807) is 28.6 Å². The lowest BCUT2D eigenvalue weighted by Gasteiger charge is -2.39. The molecule has 0 spiro atoms. The Morgan fingerprint density at radius 2 is 1.90 bits per heavy atom. The zero-order valence-corrected chi connectivity index (χ0v) is 25.8. The van der Waals surface area contributed by atoms with E-state index in [9.17, 15) is 13.2 Å². The molecule has 3 saturated heterocycles. The quantitative estimate of drug-likeness (QED) is 0.402. The van der Waals surface area contributed by atoms with Gasteiger partial charge in [-0.05, 0) is 88.1 Å². The summed E-state index contributed by atoms with van der Waals surface area (Å²) in [5.41, 5.74) is 8.36. The molecule has 3 fully saturated rings. The van der Waals surface area contributed by atoms with Gasteiger partial charge in [0.1, 0.15) is 5.82 Å². The number of hydrogen-bond acceptors (Lipinski definition) is 6. The standard InChI is InChI=1S/C31H42ClFN4O4S/c1-19-15-22(16-20(2)41-19)29(21-8-10-23(32)11-9-21)30(34)31(38)36-28-7-3-6-27(33)26(28)13-12-25-17-35-24-5-4-14-42(39,40)37(25)18-24/h3,6-11,19-20,22,24-25,29-30,35H,4-5,12-18,34H2,1-2H3,(H,36,38). The summed E-state index contributed by atoms with van der Waals surface area (Å²) in [6.07, 6.45) is 3.77. The number of nitrogens with two attached hydrogens (primary N) is 1. The maximum atomic E-state index is 15.2. The highest BCUT2D eigenvalue weighted by molar-refractivity contribution is 7.89. The van der Waals surface area contributed by atoms with Crippen molar-refractivity contribution in [2.24, 2.45) is 11.7 Å². The average molecular weight is 621 g/mol. The zero-order chi connectivity index (χ0) is 30.0. The molecule has 0 aromatic heterocycles. The van der Waals surface area contributed by atoms with E-state index in [4.69, 9.17) is 22.1 Å². The van der Waals surface area contributed by atoms with Crippen LogP contribution in [0.3, 0.4) is 0 Å². The van der Waals surface area contributed by atoms with Crippen LogP contribution < -0.4 is 16.4 Å². The number of ether oxygens (including phenoxy) is 1. The Hall–Kier alpha value is -2.08. The number of nitrogens with one attached hydrogen (secondary N) is 2. The van der Waals surface area contributed by atoms with Crippen molar-refractivity contribution in [3.05, 3.63) is 64.4 Å². The molecule has 1 amide bonds. The minimum absolute atomic E-state index is 0.0382. The predicted octanol–water partition coefficient (Wildman–Crippen LogP) is 4.43. The predicted molar refractivity (Wildman–Crippen MR) is 164 cm³/mol. The molecular weight excluding hydrogens is 579 g/mol. The van der Waals surface area contributed by atoms with Crippen LogP contribution in [0.5, 0.6) is 0 Å². The molecular formula is C31H42ClFN4O4S. The van der Waals surface area contributed by atoms with Gasteiger partial charge in [-0.1, -0.05) is 29.8 Å². The van der Waals surface area contributed by atoms with Gasteiger partial charge in [0.15, 0.2) is 0 Å². The largest absolute Gasteiger partial charge is 0.376 e. The van der Waals surface area contributed by atoms with Crippen LogP contribution in [-0.2, 0) is 26.0 Å². The minimum atomic E-state index is -3.36. The summed E-state index contributed by atoms with van der Waals surface area (Å²) in [7, 11) is -3.36. The molecule has 3 aliphatic rings. The second kappa shape index (κ2) is 13.3. The van der Waals surface area contributed by atoms with E-state index in [1.807, 2.05) is 26.0 Å². The second-order valence-corrected chi connectivity index (χ2v) is 14.7. The van der Waals surface area contributed by atoms with Gasteiger partial charge in [-0.25, -0.2) is 12.8 Å². The number of fused-ring (bicyclic) bond motifs is 2. The van der Waals surface area contributed by atoms with Gasteiger partial charge in [-0.15, -0.1) is 0 Å². The molecule has 7 atom stereocenters. The van der Waals surface area contributed by atoms with Gasteiger partial charge < -0.3 is 21.1 Å². The van der Waals surface area contributed by atoms with Crippen molar-refractivity contribution in [3.8, 4) is 0 Å². The molecule has 0 saturated carbocycles. The Bertz CT molecular complexity index is 1350. The topological polar surface area (TPSA) is 114 Å². The van der Waals surface area contributed by atoms with Gasteiger partial charge in [-0.3, -0.25) is 4.79 Å². The first-order valence-electron chi connectivity index (χ1n) is 15.0. The summed E-state index contributed by atoms with van der Waals surface area (Å²) in [6.45, 7) is 5.03. The van der Waals surface area contributed by atoms with Gasteiger partial charge in [0, 0.05) is 47.4 Å². The monoisotopic (exact) mass is 620 g/mol. The minimum Gasteiger partial charge on any atom is -0.376 e. The number of sulfonamides is 1. The number of nitrogens with zero attached hydrogens (tertiary/aromatic N) is 1. The van der Waals surface area contributed by atoms with Crippen molar-refractivity contribution in [1.82, 2.24) is 9.62 Å². The number of amides is 1. The molecule has 0 radical (unpaired) electrons. The van der Waals surface area contributed by atoms with Crippen molar-refractivity contribution in [2.45, 2.75) is 88.6 Å². The lowest BCUT2D eigenvalue weighted by molar-refractivity contribution is -0.119. The van der Waals surface area contributed by atoms with Crippen LogP contribution in [0, 0.1) is 11.7 Å². The summed E-state index contributed by atoms with van der Waals surface area (Å²) >= 11 is 6.16. The highest BCUT2D eigenvalue weighted by atomic mass is 35.5. The van der Waals surface area contributed by atoms with Crippen molar-refractivity contribution in [3.63, 3.8) is 0 Å². The molecule has 7 unspecified atom stereocenters. The fraction of sp³-hybridized carbons (Fsp3) is 0.581. The van der Waals surface area contributed by atoms with Gasteiger partial charge in [0.25, 0.3) is 0 Å². The number of rotatable bonds is 8. The number of carbonyl (C=O) groups excluding carboxylic acids is 1. The molecule has 0 aliphatic carbocycles. The van der Waals surface area contributed by atoms with Gasteiger partial charge in [-0.2, -0.15) is 4.31 Å². The lowest BCUT2D eigenvalue weighted by atomic mass is 9.74. The molecule has 8 nitrogen and oxygen atoms in total. The van der Waals surface area contributed by atoms with Crippen LogP contribution in [0.25, 0.3) is 0 Å². The Morgan fingerprint density at radius 1 is 1.19 bits per heavy atom. The summed E-state index contributed by atoms with van der Waals surface area (Å²) in [6, 6.07) is 11.0. The number of hydrogen-bond donors (Lipinski definition) is 3. The fourth-order valence-electron chi connectivity index (χ4n) is 7.07. The van der Waals surface area contributed by atoms with E-state index < -0.39 is 27.8 Å². The molecule has 3 heterocycles. The first kappa shape index (κ1) is 31.3. The van der Waals surface area contributed by atoms with Crippen LogP contribution in [0.1, 0.15) is 63.0 Å². The summed E-state index contributed by atoms with van der Waals surface area (Å²) in [5, 5.41) is 6.98. The molecule has 2 aromatic rings. The smallest absolute Gasteiger partial charge is 0.241 e. The summed E-state index contributed by atoms with van der Waals surface area (Å²) in [5.74, 6) is -0.882. The van der Waals surface area contributed by atoms with E-state index in [0.29, 0.717) is 42.2 Å². The van der Waals surface area contributed by atoms with Crippen molar-refractivity contribution in [2.75, 3.05) is 24.2 Å². The third kappa shape index (κ3) is 7.17. The van der Waals surface area contributed by atoms with E-state index in [1.165, 1.54) is 6.07 Å². The van der Waals surface area contributed by atoms with Gasteiger partial charge in [0.05, 0.1) is 24.0 Å². The number of piperazine rings is 1. The van der Waals surface area contributed by atoms with E-state index in [2.05, 4.69) is 10.6 Å². The molecule has 42 heavy (non-hydrogen) atoms. The first-order valence-corrected chi connectivity index (χ1v) is 17.0. The molecule has 5 rings (SSSR count). The van der Waals surface area contributed by atoms with Crippen LogP contribution in [0.2, 0.25) is 5.02 Å². The van der Waals surface area contributed by atoms with Crippen molar-refractivity contribution < 1.29 is 22.3 Å². The molecule has 2 aromatic carbocycles. The molecule has 3 aliphatic heterocycles. The first-order chi connectivity index (χ1) is 20.0. The number of carbonyl (C=O) groups is 1. The van der Waals surface area contributed by atoms with Crippen molar-refractivity contribution in [1.29, 1.82) is 0 Å². The lowest BCUT2D eigenvalue weighted by Crippen LogP contribution is -2.57. The highest BCUT2D eigenvalue weighted by Crippen LogP contribution is 2.39. The Kier molecular flexibility index (Phi) is 9.91. The van der Waals surface area contributed by atoms with Gasteiger partial charge >= 0.3 is 0 Å². The molecule has 2 bridgehead atoms. The van der Waals surface area contributed by atoms with E-state index in [0.717, 1.165) is 24.8 Å². The van der Waals surface area contributed by atoms with E-state index >= 15 is 4.39 Å². The normalized spacial score (nSPS) is 30.6. The van der Waals surface area contributed by atoms with Crippen LogP contribution in [0.15, 0.2) is 42.5 Å². The van der Waals surface area contributed by atoms with Gasteiger partial charge in [0.2, 0.25) is 15.9 Å². The van der Waals surface area contributed by atoms with E-state index in [-0.39, 0.29) is 48.3 Å². The third-order valence-electron chi connectivity index (χ3n) is 9.05. The third-order valence-corrected chi connectivity index (χ3v) is 11.3. The van der Waals surface area contributed by atoms with Crippen LogP contribution in [0.4, 0.5) is 10.1 Å². The summed E-state index contributed by atoms with van der Waals surface area (Å²) < 4.78 is 48.6. The maximum Gasteiger partial charge on any atom is 0.241 e. The second-order valence-electron chi connectivity index (χ2n) is 12.2. The number of benzene rings is 2. The van der Waals surface area contributed by atoms with Crippen LogP contribution in [-0.4, -0.2) is 67.8 Å². The Morgan fingerprint density at radius 3 is 2.62 bits per heavy atom. The zero-order valence-electron chi connectivity index (χ0n) is 24.3. The Balaban J connectivity index is 1.34. The maximum absolute atomic E-state index is 15.2. The molecule has 4 N–H and O–H groups in total. The van der Waals surface area contributed by atoms with Crippen molar-refractivity contribution >= 4 is 33.2 Å².